The zero-order valence-electron chi connectivity index (χ0n) is 12.7. The van der Waals surface area contributed by atoms with E-state index in [0.717, 1.165) is 29.4 Å². The number of likely N-dealkylation sites (N-methyl/N-ethyl adjacent to an activating group) is 1. The van der Waals surface area contributed by atoms with E-state index in [0.29, 0.717) is 18.0 Å². The van der Waals surface area contributed by atoms with Crippen molar-refractivity contribution in [3.8, 4) is 10.6 Å². The van der Waals surface area contributed by atoms with E-state index in [1.807, 2.05) is 36.6 Å². The number of thiazole rings is 1. The second kappa shape index (κ2) is 11.6. The molecule has 4 nitrogen and oxygen atoms in total. The third-order valence-electron chi connectivity index (χ3n) is 2.87. The number of halogens is 3. The van der Waals surface area contributed by atoms with Crippen LogP contribution < -0.4 is 10.6 Å². The smallest absolute Gasteiger partial charge is 0.226 e. The number of hydrogen-bond donors (Lipinski definition) is 2. The summed E-state index contributed by atoms with van der Waals surface area (Å²) in [5.41, 5.74) is 1.68. The quantitative estimate of drug-likeness (QED) is 0.703. The average Bonchev–Trinajstić information content (AvgIpc) is 2.92. The van der Waals surface area contributed by atoms with E-state index >= 15 is 0 Å². The zero-order valence-corrected chi connectivity index (χ0v) is 15.9. The second-order valence-electron chi connectivity index (χ2n) is 4.50. The lowest BCUT2D eigenvalue weighted by Gasteiger charge is -2.04. The molecule has 0 aliphatic rings. The van der Waals surface area contributed by atoms with Crippen molar-refractivity contribution >= 4 is 53.7 Å². The summed E-state index contributed by atoms with van der Waals surface area (Å²) < 4.78 is 0. The molecule has 0 saturated carbocycles. The third-order valence-corrected chi connectivity index (χ3v) is 4.13. The topological polar surface area (TPSA) is 54.0 Å². The van der Waals surface area contributed by atoms with Crippen LogP contribution in [0.25, 0.3) is 10.6 Å². The standard InChI is InChI=1S/C15H18ClN3OS.2ClH/c1-2-17-7-8-18-14(20)9-11-10-21-15(19-11)12-5-3-4-6-13(12)16;;/h3-6,10,17H,2,7-9H2,1H3,(H,18,20);2*1H. The second-order valence-corrected chi connectivity index (χ2v) is 5.77. The lowest BCUT2D eigenvalue weighted by molar-refractivity contribution is -0.120. The molecule has 1 aromatic carbocycles. The SMILES string of the molecule is CCNCCNC(=O)Cc1csc(-c2ccccc2Cl)n1.Cl.Cl. The maximum absolute atomic E-state index is 11.8. The Labute approximate surface area is 157 Å². The Kier molecular flexibility index (Phi) is 11.2. The Morgan fingerprint density at radius 2 is 2.00 bits per heavy atom. The highest BCUT2D eigenvalue weighted by molar-refractivity contribution is 7.13. The highest BCUT2D eigenvalue weighted by Gasteiger charge is 2.10. The first kappa shape index (κ1) is 22.2. The van der Waals surface area contributed by atoms with Gasteiger partial charge in [-0.05, 0) is 12.6 Å². The van der Waals surface area contributed by atoms with Gasteiger partial charge in [-0.25, -0.2) is 4.98 Å². The molecule has 0 saturated heterocycles. The Morgan fingerprint density at radius 1 is 1.26 bits per heavy atom. The summed E-state index contributed by atoms with van der Waals surface area (Å²) in [5, 5.41) is 9.44. The Balaban J connectivity index is 0.00000242. The van der Waals surface area contributed by atoms with Gasteiger partial charge in [0.1, 0.15) is 5.01 Å². The van der Waals surface area contributed by atoms with E-state index in [2.05, 4.69) is 15.6 Å². The summed E-state index contributed by atoms with van der Waals surface area (Å²) in [6.07, 6.45) is 0.299. The Hall–Kier alpha value is -0.850. The van der Waals surface area contributed by atoms with Gasteiger partial charge in [-0.1, -0.05) is 36.7 Å². The molecule has 2 rings (SSSR count). The molecule has 0 spiro atoms. The van der Waals surface area contributed by atoms with Crippen molar-refractivity contribution in [3.05, 3.63) is 40.4 Å². The summed E-state index contributed by atoms with van der Waals surface area (Å²) in [6.45, 7) is 4.36. The van der Waals surface area contributed by atoms with Crippen LogP contribution in [0.2, 0.25) is 5.02 Å². The number of amides is 1. The summed E-state index contributed by atoms with van der Waals surface area (Å²) in [6, 6.07) is 7.58. The van der Waals surface area contributed by atoms with E-state index in [-0.39, 0.29) is 30.7 Å². The van der Waals surface area contributed by atoms with Crippen molar-refractivity contribution in [2.24, 2.45) is 0 Å². The Morgan fingerprint density at radius 3 is 2.70 bits per heavy atom. The van der Waals surface area contributed by atoms with Crippen molar-refractivity contribution in [2.75, 3.05) is 19.6 Å². The van der Waals surface area contributed by atoms with Gasteiger partial charge in [0, 0.05) is 24.0 Å². The van der Waals surface area contributed by atoms with Gasteiger partial charge >= 0.3 is 0 Å². The molecule has 0 atom stereocenters. The lowest BCUT2D eigenvalue weighted by atomic mass is 10.2. The van der Waals surface area contributed by atoms with Crippen LogP contribution in [0.3, 0.4) is 0 Å². The maximum Gasteiger partial charge on any atom is 0.226 e. The normalized spacial score (nSPS) is 9.65. The van der Waals surface area contributed by atoms with Crippen molar-refractivity contribution in [1.82, 2.24) is 15.6 Å². The molecule has 0 bridgehead atoms. The van der Waals surface area contributed by atoms with E-state index in [1.165, 1.54) is 11.3 Å². The highest BCUT2D eigenvalue weighted by Crippen LogP contribution is 2.30. The molecule has 1 heterocycles. The maximum atomic E-state index is 11.8. The number of nitrogens with one attached hydrogen (secondary N) is 2. The average molecular weight is 397 g/mol. The van der Waals surface area contributed by atoms with Gasteiger partial charge in [0.15, 0.2) is 0 Å². The van der Waals surface area contributed by atoms with Crippen molar-refractivity contribution < 1.29 is 4.79 Å². The van der Waals surface area contributed by atoms with E-state index in [1.54, 1.807) is 0 Å². The highest BCUT2D eigenvalue weighted by atomic mass is 35.5. The van der Waals surface area contributed by atoms with Gasteiger partial charge in [0.25, 0.3) is 0 Å². The van der Waals surface area contributed by atoms with E-state index in [4.69, 9.17) is 11.6 Å². The number of carbonyl (C=O) groups excluding carboxylic acids is 1. The number of hydrogen-bond acceptors (Lipinski definition) is 4. The summed E-state index contributed by atoms with van der Waals surface area (Å²) in [4.78, 5) is 16.3. The van der Waals surface area contributed by atoms with Crippen LogP contribution >= 0.6 is 47.8 Å². The predicted octanol–water partition coefficient (Wildman–Crippen LogP) is 3.58. The number of aromatic nitrogens is 1. The molecule has 1 aromatic heterocycles. The largest absolute Gasteiger partial charge is 0.354 e. The monoisotopic (exact) mass is 395 g/mol. The van der Waals surface area contributed by atoms with Gasteiger partial charge in [0.2, 0.25) is 5.91 Å². The van der Waals surface area contributed by atoms with Crippen LogP contribution in [0.15, 0.2) is 29.6 Å². The molecule has 0 unspecified atom stereocenters. The van der Waals surface area contributed by atoms with Crippen LogP contribution in [0.5, 0.6) is 0 Å². The first-order chi connectivity index (χ1) is 10.2. The minimum absolute atomic E-state index is 0. The first-order valence-electron chi connectivity index (χ1n) is 6.87. The van der Waals surface area contributed by atoms with Gasteiger partial charge in [-0.15, -0.1) is 36.2 Å². The zero-order chi connectivity index (χ0) is 15.1. The fraction of sp³-hybridized carbons (Fsp3) is 0.333. The predicted molar refractivity (Wildman–Crippen MR) is 102 cm³/mol. The molecule has 0 radical (unpaired) electrons. The van der Waals surface area contributed by atoms with E-state index < -0.39 is 0 Å². The molecule has 128 valence electrons. The van der Waals surface area contributed by atoms with Crippen LogP contribution in [0.1, 0.15) is 12.6 Å². The molecule has 23 heavy (non-hydrogen) atoms. The molecule has 0 aliphatic heterocycles. The van der Waals surface area contributed by atoms with Crippen molar-refractivity contribution in [1.29, 1.82) is 0 Å². The fourth-order valence-corrected chi connectivity index (χ4v) is 2.98. The Bertz CT molecular complexity index is 607. The van der Waals surface area contributed by atoms with Crippen LogP contribution in [-0.4, -0.2) is 30.5 Å². The van der Waals surface area contributed by atoms with Gasteiger partial charge in [-0.2, -0.15) is 0 Å². The summed E-state index contributed by atoms with van der Waals surface area (Å²) in [5.74, 6) is -0.0103. The molecule has 2 N–H and O–H groups in total. The molecule has 2 aromatic rings. The number of benzene rings is 1. The molecule has 0 fully saturated rings. The molecular weight excluding hydrogens is 377 g/mol. The fourth-order valence-electron chi connectivity index (χ4n) is 1.84. The molecule has 8 heteroatoms. The van der Waals surface area contributed by atoms with Crippen LogP contribution in [0, 0.1) is 0 Å². The molecule has 0 aliphatic carbocycles. The summed E-state index contributed by atoms with van der Waals surface area (Å²) in [7, 11) is 0. The molecular formula is C15H20Cl3N3OS. The number of nitrogens with zero attached hydrogens (tertiary/aromatic N) is 1. The number of rotatable bonds is 7. The van der Waals surface area contributed by atoms with Gasteiger partial charge in [0.05, 0.1) is 17.1 Å². The van der Waals surface area contributed by atoms with Crippen molar-refractivity contribution in [3.63, 3.8) is 0 Å². The summed E-state index contributed by atoms with van der Waals surface area (Å²) >= 11 is 7.66. The van der Waals surface area contributed by atoms with Gasteiger partial charge in [-0.3, -0.25) is 4.79 Å². The first-order valence-corrected chi connectivity index (χ1v) is 8.13. The van der Waals surface area contributed by atoms with Gasteiger partial charge < -0.3 is 10.6 Å². The lowest BCUT2D eigenvalue weighted by Crippen LogP contribution is -2.32. The van der Waals surface area contributed by atoms with Crippen LogP contribution in [-0.2, 0) is 11.2 Å². The van der Waals surface area contributed by atoms with E-state index in [9.17, 15) is 4.79 Å². The van der Waals surface area contributed by atoms with Crippen LogP contribution in [0.4, 0.5) is 0 Å². The minimum Gasteiger partial charge on any atom is -0.354 e. The molecule has 1 amide bonds. The number of carbonyl (C=O) groups is 1. The van der Waals surface area contributed by atoms with Crippen molar-refractivity contribution in [2.45, 2.75) is 13.3 Å². The third kappa shape index (κ3) is 7.06. The minimum atomic E-state index is -0.0103.